The van der Waals surface area contributed by atoms with Crippen molar-refractivity contribution in [1.29, 1.82) is 0 Å². The van der Waals surface area contributed by atoms with Crippen molar-refractivity contribution in [2.45, 2.75) is 11.7 Å². The highest BCUT2D eigenvalue weighted by atomic mass is 35.5. The molecule has 0 unspecified atom stereocenters. The minimum absolute atomic E-state index is 0.0984. The molecule has 13 heteroatoms. The molecule has 0 spiro atoms. The normalized spacial score (nSPS) is 10.8. The number of hydrogen-bond donors (Lipinski definition) is 1. The van der Waals surface area contributed by atoms with Crippen molar-refractivity contribution in [3.63, 3.8) is 0 Å². The van der Waals surface area contributed by atoms with Crippen LogP contribution in [0.5, 0.6) is 17.2 Å². The van der Waals surface area contributed by atoms with E-state index in [1.54, 1.807) is 57.7 Å². The first-order valence-electron chi connectivity index (χ1n) is 11.1. The van der Waals surface area contributed by atoms with Crippen LogP contribution in [-0.2, 0) is 11.3 Å². The summed E-state index contributed by atoms with van der Waals surface area (Å²) in [5, 5.41) is 15.3. The Labute approximate surface area is 237 Å². The first-order chi connectivity index (χ1) is 18.4. The van der Waals surface area contributed by atoms with E-state index in [-0.39, 0.29) is 11.7 Å². The SMILES string of the molecule is C=CCn1c(SCC(=O)Nc2nc(-c3ccc(Cl)cc3Cl)cs2)nnc1-c1cc(OC)c(OC)c(OC)c1. The van der Waals surface area contributed by atoms with Crippen molar-refractivity contribution in [3.8, 4) is 39.9 Å². The molecule has 4 rings (SSSR count). The Balaban J connectivity index is 1.49. The van der Waals surface area contributed by atoms with Crippen LogP contribution < -0.4 is 19.5 Å². The van der Waals surface area contributed by atoms with Crippen LogP contribution in [0, 0.1) is 0 Å². The predicted octanol–water partition coefficient (Wildman–Crippen LogP) is 6.32. The molecule has 38 heavy (non-hydrogen) atoms. The number of carbonyl (C=O) groups is 1. The van der Waals surface area contributed by atoms with Gasteiger partial charge in [0.05, 0.1) is 37.8 Å². The summed E-state index contributed by atoms with van der Waals surface area (Å²) in [5.74, 6) is 1.89. The van der Waals surface area contributed by atoms with Gasteiger partial charge in [0, 0.05) is 28.1 Å². The summed E-state index contributed by atoms with van der Waals surface area (Å²) in [5.41, 5.74) is 2.10. The van der Waals surface area contributed by atoms with Gasteiger partial charge in [0.15, 0.2) is 27.6 Å². The van der Waals surface area contributed by atoms with Gasteiger partial charge in [-0.1, -0.05) is 41.0 Å². The predicted molar refractivity (Wildman–Crippen MR) is 152 cm³/mol. The number of halogens is 2. The number of hydrogen-bond acceptors (Lipinski definition) is 9. The van der Waals surface area contributed by atoms with E-state index in [9.17, 15) is 4.79 Å². The Morgan fingerprint density at radius 1 is 1.13 bits per heavy atom. The standard InChI is InChI=1S/C25H23Cl2N5O4S2/c1-5-8-32-23(14-9-19(34-2)22(36-4)20(10-14)35-3)30-31-25(32)38-13-21(33)29-24-28-18(12-37-24)16-7-6-15(26)11-17(16)27/h5-7,9-12H,1,8,13H2,2-4H3,(H,28,29,33). The van der Waals surface area contributed by atoms with Crippen LogP contribution in [0.15, 0.2) is 53.5 Å². The maximum atomic E-state index is 12.7. The second-order valence-corrected chi connectivity index (χ2v) is 10.3. The molecule has 2 aromatic heterocycles. The Kier molecular flexibility index (Phi) is 9.16. The minimum atomic E-state index is -0.236. The van der Waals surface area contributed by atoms with Gasteiger partial charge in [-0.2, -0.15) is 0 Å². The molecule has 0 saturated carbocycles. The fourth-order valence-electron chi connectivity index (χ4n) is 3.55. The van der Waals surface area contributed by atoms with E-state index >= 15 is 0 Å². The van der Waals surface area contributed by atoms with Crippen molar-refractivity contribution >= 4 is 57.3 Å². The van der Waals surface area contributed by atoms with Crippen LogP contribution in [0.3, 0.4) is 0 Å². The van der Waals surface area contributed by atoms with E-state index in [4.69, 9.17) is 37.4 Å². The maximum Gasteiger partial charge on any atom is 0.236 e. The third-order valence-corrected chi connectivity index (χ3v) is 7.51. The number of carbonyl (C=O) groups excluding carboxylic acids is 1. The van der Waals surface area contributed by atoms with E-state index < -0.39 is 0 Å². The zero-order chi connectivity index (χ0) is 27.2. The van der Waals surface area contributed by atoms with Crippen LogP contribution in [0.1, 0.15) is 0 Å². The van der Waals surface area contributed by atoms with Crippen molar-refractivity contribution in [1.82, 2.24) is 19.7 Å². The van der Waals surface area contributed by atoms with Gasteiger partial charge in [0.1, 0.15) is 0 Å². The average molecular weight is 593 g/mol. The van der Waals surface area contributed by atoms with Gasteiger partial charge in [-0.25, -0.2) is 4.98 Å². The number of allylic oxidation sites excluding steroid dienone is 1. The quantitative estimate of drug-likeness (QED) is 0.160. The van der Waals surface area contributed by atoms with E-state index in [1.807, 2.05) is 9.95 Å². The third kappa shape index (κ3) is 6.07. The molecule has 1 amide bonds. The topological polar surface area (TPSA) is 100 Å². The Morgan fingerprint density at radius 3 is 2.50 bits per heavy atom. The largest absolute Gasteiger partial charge is 0.493 e. The summed E-state index contributed by atoms with van der Waals surface area (Å²) < 4.78 is 18.2. The van der Waals surface area contributed by atoms with Crippen molar-refractivity contribution in [2.24, 2.45) is 0 Å². The van der Waals surface area contributed by atoms with Gasteiger partial charge in [-0.15, -0.1) is 28.1 Å². The van der Waals surface area contributed by atoms with Gasteiger partial charge >= 0.3 is 0 Å². The molecule has 9 nitrogen and oxygen atoms in total. The fourth-order valence-corrected chi connectivity index (χ4v) is 5.53. The number of nitrogens with zero attached hydrogens (tertiary/aromatic N) is 4. The molecule has 0 saturated heterocycles. The highest BCUT2D eigenvalue weighted by Crippen LogP contribution is 2.41. The Bertz CT molecular complexity index is 1450. The van der Waals surface area contributed by atoms with Gasteiger partial charge in [0.2, 0.25) is 11.7 Å². The highest BCUT2D eigenvalue weighted by Gasteiger charge is 2.20. The monoisotopic (exact) mass is 591 g/mol. The zero-order valence-corrected chi connectivity index (χ0v) is 23.8. The van der Waals surface area contributed by atoms with Gasteiger partial charge < -0.3 is 19.5 Å². The molecule has 0 fully saturated rings. The molecule has 0 aliphatic carbocycles. The zero-order valence-electron chi connectivity index (χ0n) is 20.7. The number of rotatable bonds is 11. The molecule has 198 valence electrons. The number of aromatic nitrogens is 4. The van der Waals surface area contributed by atoms with Crippen LogP contribution >= 0.6 is 46.3 Å². The number of ether oxygens (including phenoxy) is 3. The molecule has 0 aliphatic rings. The number of thiazole rings is 1. The smallest absolute Gasteiger partial charge is 0.236 e. The second kappa shape index (κ2) is 12.5. The lowest BCUT2D eigenvalue weighted by atomic mass is 10.1. The molecule has 0 bridgehead atoms. The molecule has 2 aromatic carbocycles. The number of nitrogens with one attached hydrogen (secondary N) is 1. The van der Waals surface area contributed by atoms with Crippen LogP contribution in [-0.4, -0.2) is 52.7 Å². The van der Waals surface area contributed by atoms with E-state index in [2.05, 4.69) is 27.1 Å². The number of amides is 1. The summed E-state index contributed by atoms with van der Waals surface area (Å²) in [6, 6.07) is 8.76. The number of thioether (sulfide) groups is 1. The number of benzene rings is 2. The first kappa shape index (κ1) is 27.8. The maximum absolute atomic E-state index is 12.7. The molecule has 1 N–H and O–H groups in total. The molecule has 4 aromatic rings. The average Bonchev–Trinajstić information content (AvgIpc) is 3.53. The van der Waals surface area contributed by atoms with Gasteiger partial charge in [-0.05, 0) is 30.3 Å². The fraction of sp³-hybridized carbons (Fsp3) is 0.200. The highest BCUT2D eigenvalue weighted by molar-refractivity contribution is 7.99. The lowest BCUT2D eigenvalue weighted by Crippen LogP contribution is -2.14. The van der Waals surface area contributed by atoms with E-state index in [1.165, 1.54) is 23.1 Å². The lowest BCUT2D eigenvalue weighted by molar-refractivity contribution is -0.113. The van der Waals surface area contributed by atoms with E-state index in [0.717, 1.165) is 5.56 Å². The lowest BCUT2D eigenvalue weighted by Gasteiger charge is -2.14. The summed E-state index contributed by atoms with van der Waals surface area (Å²) in [6.45, 7) is 4.27. The van der Waals surface area contributed by atoms with Crippen LogP contribution in [0.4, 0.5) is 5.13 Å². The van der Waals surface area contributed by atoms with Gasteiger partial charge in [0.25, 0.3) is 0 Å². The molecule has 0 aliphatic heterocycles. The number of anilines is 1. The van der Waals surface area contributed by atoms with Crippen LogP contribution in [0.2, 0.25) is 10.0 Å². The summed E-state index contributed by atoms with van der Waals surface area (Å²) in [6.07, 6.45) is 1.73. The van der Waals surface area contributed by atoms with Crippen molar-refractivity contribution in [3.05, 3.63) is 58.4 Å². The summed E-state index contributed by atoms with van der Waals surface area (Å²) in [7, 11) is 4.63. The summed E-state index contributed by atoms with van der Waals surface area (Å²) >= 11 is 14.8. The summed E-state index contributed by atoms with van der Waals surface area (Å²) in [4.78, 5) is 17.2. The van der Waals surface area contributed by atoms with Crippen molar-refractivity contribution in [2.75, 3.05) is 32.4 Å². The third-order valence-electron chi connectivity index (χ3n) is 5.24. The first-order valence-corrected chi connectivity index (χ1v) is 13.7. The Morgan fingerprint density at radius 2 is 1.87 bits per heavy atom. The van der Waals surface area contributed by atoms with Crippen LogP contribution in [0.25, 0.3) is 22.6 Å². The second-order valence-electron chi connectivity index (χ2n) is 7.62. The van der Waals surface area contributed by atoms with Gasteiger partial charge in [-0.3, -0.25) is 9.36 Å². The molecular weight excluding hydrogens is 569 g/mol. The van der Waals surface area contributed by atoms with Crippen molar-refractivity contribution < 1.29 is 19.0 Å². The molecular formula is C25H23Cl2N5O4S2. The molecule has 0 radical (unpaired) electrons. The number of methoxy groups -OCH3 is 3. The minimum Gasteiger partial charge on any atom is -0.493 e. The molecule has 0 atom stereocenters. The van der Waals surface area contributed by atoms with E-state index in [0.29, 0.717) is 61.2 Å². The molecule has 2 heterocycles. The Hall–Kier alpha value is -3.25.